The highest BCUT2D eigenvalue weighted by Crippen LogP contribution is 2.50. The van der Waals surface area contributed by atoms with Crippen molar-refractivity contribution < 1.29 is 9.47 Å². The third-order valence-electron chi connectivity index (χ3n) is 6.40. The summed E-state index contributed by atoms with van der Waals surface area (Å²) in [4.78, 5) is 6.96. The van der Waals surface area contributed by atoms with Gasteiger partial charge in [-0.2, -0.15) is 0 Å². The second kappa shape index (κ2) is 9.90. The molecule has 0 amide bonds. The summed E-state index contributed by atoms with van der Waals surface area (Å²) in [5.41, 5.74) is 2.84. The molecule has 1 unspecified atom stereocenters. The quantitative estimate of drug-likeness (QED) is 0.348. The van der Waals surface area contributed by atoms with Gasteiger partial charge < -0.3 is 19.7 Å². The highest BCUT2D eigenvalue weighted by Gasteiger charge is 2.46. The first-order valence-electron chi connectivity index (χ1n) is 10.4. The lowest BCUT2D eigenvalue weighted by atomic mass is 9.95. The first kappa shape index (κ1) is 22.7. The van der Waals surface area contributed by atoms with Gasteiger partial charge >= 0.3 is 0 Å². The van der Waals surface area contributed by atoms with Crippen molar-refractivity contribution in [2.24, 2.45) is 4.99 Å². The van der Waals surface area contributed by atoms with E-state index in [1.165, 1.54) is 24.0 Å². The molecule has 1 saturated carbocycles. The number of aliphatic imine (C=N–C) groups is 1. The summed E-state index contributed by atoms with van der Waals surface area (Å²) in [7, 11) is 5.34. The molecule has 1 N–H and O–H groups in total. The van der Waals surface area contributed by atoms with Crippen LogP contribution in [0.25, 0.3) is 0 Å². The third kappa shape index (κ3) is 4.68. The molecule has 1 aliphatic carbocycles. The molecule has 0 spiro atoms. The van der Waals surface area contributed by atoms with Gasteiger partial charge in [0.2, 0.25) is 0 Å². The SMILES string of the molecule is CN=C(NCC1(c2ccccc2OC)CC1)N1CCC(c2ccc(OC)cc2)C1.I. The van der Waals surface area contributed by atoms with E-state index in [4.69, 9.17) is 9.47 Å². The van der Waals surface area contributed by atoms with Gasteiger partial charge in [-0.25, -0.2) is 0 Å². The van der Waals surface area contributed by atoms with E-state index in [2.05, 4.69) is 57.7 Å². The Hall–Kier alpha value is -1.96. The predicted octanol–water partition coefficient (Wildman–Crippen LogP) is 4.42. The van der Waals surface area contributed by atoms with Crippen molar-refractivity contribution in [2.45, 2.75) is 30.6 Å². The molecule has 4 rings (SSSR count). The molecule has 2 fully saturated rings. The Balaban J connectivity index is 0.00000256. The van der Waals surface area contributed by atoms with Crippen LogP contribution in [0.2, 0.25) is 0 Å². The number of nitrogens with zero attached hydrogens (tertiary/aromatic N) is 2. The summed E-state index contributed by atoms with van der Waals surface area (Å²) in [6.45, 7) is 2.91. The second-order valence-corrected chi connectivity index (χ2v) is 8.09. The Kier molecular flexibility index (Phi) is 7.50. The molecule has 0 aromatic heterocycles. The number of nitrogens with one attached hydrogen (secondary N) is 1. The van der Waals surface area contributed by atoms with Crippen LogP contribution in [0.15, 0.2) is 53.5 Å². The van der Waals surface area contributed by atoms with Crippen molar-refractivity contribution in [2.75, 3.05) is 40.9 Å². The summed E-state index contributed by atoms with van der Waals surface area (Å²) in [6.07, 6.45) is 3.52. The highest BCUT2D eigenvalue weighted by atomic mass is 127. The fourth-order valence-corrected chi connectivity index (χ4v) is 4.46. The van der Waals surface area contributed by atoms with E-state index in [9.17, 15) is 0 Å². The van der Waals surface area contributed by atoms with Crippen molar-refractivity contribution in [1.29, 1.82) is 0 Å². The number of ether oxygens (including phenoxy) is 2. The predicted molar refractivity (Wildman–Crippen MR) is 133 cm³/mol. The minimum atomic E-state index is 0. The standard InChI is InChI=1S/C24H31N3O2.HI/c1-25-23(26-17-24(13-14-24)21-6-4-5-7-22(21)29-3)27-15-12-19(16-27)18-8-10-20(28-2)11-9-18;/h4-11,19H,12-17H2,1-3H3,(H,25,26);1H. The summed E-state index contributed by atoms with van der Waals surface area (Å²) in [5.74, 6) is 3.43. The van der Waals surface area contributed by atoms with Crippen LogP contribution >= 0.6 is 24.0 Å². The molecule has 1 heterocycles. The summed E-state index contributed by atoms with van der Waals surface area (Å²) in [5, 5.41) is 3.65. The van der Waals surface area contributed by atoms with Crippen molar-refractivity contribution in [3.63, 3.8) is 0 Å². The average Bonchev–Trinajstić information content (AvgIpc) is 3.41. The average molecular weight is 521 g/mol. The van der Waals surface area contributed by atoms with Gasteiger partial charge in [0.05, 0.1) is 14.2 Å². The van der Waals surface area contributed by atoms with Gasteiger partial charge in [0.1, 0.15) is 11.5 Å². The van der Waals surface area contributed by atoms with E-state index in [-0.39, 0.29) is 29.4 Å². The molecule has 1 saturated heterocycles. The van der Waals surface area contributed by atoms with E-state index < -0.39 is 0 Å². The van der Waals surface area contributed by atoms with Gasteiger partial charge in [-0.15, -0.1) is 24.0 Å². The Morgan fingerprint density at radius 1 is 1.10 bits per heavy atom. The van der Waals surface area contributed by atoms with Gasteiger partial charge in [-0.3, -0.25) is 4.99 Å². The van der Waals surface area contributed by atoms with Gasteiger partial charge in [-0.1, -0.05) is 30.3 Å². The van der Waals surface area contributed by atoms with Gasteiger partial charge in [-0.05, 0) is 43.0 Å². The van der Waals surface area contributed by atoms with E-state index >= 15 is 0 Å². The van der Waals surface area contributed by atoms with Crippen LogP contribution < -0.4 is 14.8 Å². The number of benzene rings is 2. The lowest BCUT2D eigenvalue weighted by Gasteiger charge is -2.25. The number of likely N-dealkylation sites (tertiary alicyclic amines) is 1. The maximum atomic E-state index is 5.61. The number of hydrogen-bond acceptors (Lipinski definition) is 3. The maximum Gasteiger partial charge on any atom is 0.193 e. The van der Waals surface area contributed by atoms with Gasteiger partial charge in [0.25, 0.3) is 0 Å². The summed E-state index contributed by atoms with van der Waals surface area (Å²) >= 11 is 0. The first-order chi connectivity index (χ1) is 14.2. The van der Waals surface area contributed by atoms with Crippen LogP contribution in [0.5, 0.6) is 11.5 Å². The molecular formula is C24H32IN3O2. The maximum absolute atomic E-state index is 5.61. The largest absolute Gasteiger partial charge is 0.497 e. The van der Waals surface area contributed by atoms with Crippen LogP contribution in [0.4, 0.5) is 0 Å². The summed E-state index contributed by atoms with van der Waals surface area (Å²) in [6, 6.07) is 16.9. The smallest absolute Gasteiger partial charge is 0.193 e. The zero-order chi connectivity index (χ0) is 20.3. The van der Waals surface area contributed by atoms with E-state index in [1.807, 2.05) is 13.1 Å². The van der Waals surface area contributed by atoms with Crippen LogP contribution in [-0.4, -0.2) is 51.8 Å². The Morgan fingerprint density at radius 3 is 2.47 bits per heavy atom. The van der Waals surface area contributed by atoms with E-state index in [0.717, 1.165) is 43.5 Å². The van der Waals surface area contributed by atoms with Crippen molar-refractivity contribution >= 4 is 29.9 Å². The van der Waals surface area contributed by atoms with Crippen LogP contribution in [0.1, 0.15) is 36.3 Å². The molecule has 30 heavy (non-hydrogen) atoms. The molecule has 2 aliphatic rings. The number of methoxy groups -OCH3 is 2. The number of hydrogen-bond donors (Lipinski definition) is 1. The van der Waals surface area contributed by atoms with Crippen LogP contribution in [-0.2, 0) is 5.41 Å². The Labute approximate surface area is 196 Å². The zero-order valence-corrected chi connectivity index (χ0v) is 20.4. The van der Waals surface area contributed by atoms with Crippen LogP contribution in [0.3, 0.4) is 0 Å². The minimum absolute atomic E-state index is 0. The minimum Gasteiger partial charge on any atom is -0.497 e. The molecule has 1 aliphatic heterocycles. The van der Waals surface area contributed by atoms with E-state index in [0.29, 0.717) is 5.92 Å². The fraction of sp³-hybridized carbons (Fsp3) is 0.458. The molecule has 0 radical (unpaired) electrons. The Bertz CT molecular complexity index is 865. The molecule has 2 aromatic carbocycles. The summed E-state index contributed by atoms with van der Waals surface area (Å²) < 4.78 is 10.9. The molecule has 5 nitrogen and oxygen atoms in total. The molecule has 0 bridgehead atoms. The fourth-order valence-electron chi connectivity index (χ4n) is 4.46. The number of guanidine groups is 1. The first-order valence-corrected chi connectivity index (χ1v) is 10.4. The normalized spacial score (nSPS) is 19.8. The van der Waals surface area contributed by atoms with Crippen molar-refractivity contribution in [1.82, 2.24) is 10.2 Å². The lowest BCUT2D eigenvalue weighted by molar-refractivity contribution is 0.402. The molecule has 1 atom stereocenters. The highest BCUT2D eigenvalue weighted by molar-refractivity contribution is 14.0. The van der Waals surface area contributed by atoms with E-state index in [1.54, 1.807) is 14.2 Å². The molecule has 162 valence electrons. The zero-order valence-electron chi connectivity index (χ0n) is 18.1. The van der Waals surface area contributed by atoms with Gasteiger partial charge in [0.15, 0.2) is 5.96 Å². The number of para-hydroxylation sites is 1. The topological polar surface area (TPSA) is 46.1 Å². The van der Waals surface area contributed by atoms with Gasteiger partial charge in [0, 0.05) is 43.6 Å². The number of halogens is 1. The number of rotatable bonds is 6. The second-order valence-electron chi connectivity index (χ2n) is 8.09. The monoisotopic (exact) mass is 521 g/mol. The van der Waals surface area contributed by atoms with Crippen molar-refractivity contribution in [3.05, 3.63) is 59.7 Å². The third-order valence-corrected chi connectivity index (χ3v) is 6.40. The molecular weight excluding hydrogens is 489 g/mol. The molecule has 6 heteroatoms. The van der Waals surface area contributed by atoms with Crippen molar-refractivity contribution in [3.8, 4) is 11.5 Å². The Morgan fingerprint density at radius 2 is 1.83 bits per heavy atom. The lowest BCUT2D eigenvalue weighted by Crippen LogP contribution is -2.43. The van der Waals surface area contributed by atoms with Crippen LogP contribution in [0, 0.1) is 0 Å². The molecule has 2 aromatic rings.